The molecular formula is C21H17N3O3. The highest BCUT2D eigenvalue weighted by Gasteiger charge is 2.23. The van der Waals surface area contributed by atoms with Gasteiger partial charge in [0.05, 0.1) is 0 Å². The first-order valence-electron chi connectivity index (χ1n) is 8.49. The Morgan fingerprint density at radius 2 is 1.59 bits per heavy atom. The molecule has 0 aliphatic carbocycles. The van der Waals surface area contributed by atoms with Crippen LogP contribution < -0.4 is 4.74 Å². The summed E-state index contributed by atoms with van der Waals surface area (Å²) in [5, 5.41) is 18.6. The van der Waals surface area contributed by atoms with E-state index in [1.807, 2.05) is 49.4 Å². The van der Waals surface area contributed by atoms with E-state index in [2.05, 4.69) is 10.2 Å². The molecule has 0 saturated carbocycles. The summed E-state index contributed by atoms with van der Waals surface area (Å²) < 4.78 is 5.90. The molecule has 1 heterocycles. The Morgan fingerprint density at radius 3 is 2.22 bits per heavy atom. The number of carboxylic acid groups (broad SMARTS) is 1. The van der Waals surface area contributed by atoms with Crippen molar-refractivity contribution in [1.82, 2.24) is 15.0 Å². The number of carbonyl (C=O) groups is 1. The maximum Gasteiger partial charge on any atom is 0.349 e. The van der Waals surface area contributed by atoms with Gasteiger partial charge in [-0.15, -0.1) is 15.0 Å². The Kier molecular flexibility index (Phi) is 4.30. The van der Waals surface area contributed by atoms with Crippen LogP contribution >= 0.6 is 0 Å². The molecule has 3 aromatic carbocycles. The van der Waals surface area contributed by atoms with Gasteiger partial charge in [-0.1, -0.05) is 48.5 Å². The Hall–Kier alpha value is -3.67. The van der Waals surface area contributed by atoms with Crippen molar-refractivity contribution in [2.24, 2.45) is 0 Å². The van der Waals surface area contributed by atoms with E-state index in [0.717, 1.165) is 16.6 Å². The van der Waals surface area contributed by atoms with Crippen LogP contribution in [0.15, 0.2) is 72.8 Å². The van der Waals surface area contributed by atoms with Gasteiger partial charge >= 0.3 is 5.97 Å². The summed E-state index contributed by atoms with van der Waals surface area (Å²) in [7, 11) is 0. The van der Waals surface area contributed by atoms with Crippen LogP contribution in [-0.4, -0.2) is 26.1 Å². The molecule has 0 fully saturated rings. The minimum absolute atomic E-state index is 0.400. The Bertz CT molecular complexity index is 1070. The highest BCUT2D eigenvalue weighted by atomic mass is 16.5. The second kappa shape index (κ2) is 6.92. The molecule has 1 aromatic heterocycles. The first-order chi connectivity index (χ1) is 13.1. The van der Waals surface area contributed by atoms with E-state index < -0.39 is 12.1 Å². The van der Waals surface area contributed by atoms with Gasteiger partial charge in [-0.25, -0.2) is 4.79 Å². The number of fused-ring (bicyclic) bond motifs is 1. The van der Waals surface area contributed by atoms with Crippen molar-refractivity contribution in [3.63, 3.8) is 0 Å². The average molecular weight is 359 g/mol. The van der Waals surface area contributed by atoms with Gasteiger partial charge in [-0.05, 0) is 36.8 Å². The molecule has 1 unspecified atom stereocenters. The minimum atomic E-state index is -1.13. The van der Waals surface area contributed by atoms with Crippen molar-refractivity contribution in [3.8, 4) is 11.4 Å². The predicted molar refractivity (Wildman–Crippen MR) is 101 cm³/mol. The van der Waals surface area contributed by atoms with Gasteiger partial charge in [0.25, 0.3) is 0 Å². The zero-order valence-corrected chi connectivity index (χ0v) is 14.6. The zero-order chi connectivity index (χ0) is 18.8. The van der Waals surface area contributed by atoms with Crippen LogP contribution in [0.1, 0.15) is 17.2 Å². The van der Waals surface area contributed by atoms with Crippen LogP contribution in [0, 0.1) is 6.92 Å². The molecule has 0 radical (unpaired) electrons. The molecule has 4 aromatic rings. The fourth-order valence-corrected chi connectivity index (χ4v) is 2.87. The molecule has 27 heavy (non-hydrogen) atoms. The molecule has 6 heteroatoms. The van der Waals surface area contributed by atoms with E-state index in [9.17, 15) is 9.90 Å². The molecule has 134 valence electrons. The van der Waals surface area contributed by atoms with Crippen LogP contribution in [-0.2, 0) is 4.79 Å². The number of ether oxygens (including phenoxy) is 1. The van der Waals surface area contributed by atoms with Gasteiger partial charge in [-0.2, -0.15) is 0 Å². The Morgan fingerprint density at radius 1 is 0.963 bits per heavy atom. The third-order valence-corrected chi connectivity index (χ3v) is 4.19. The topological polar surface area (TPSA) is 77.2 Å². The zero-order valence-electron chi connectivity index (χ0n) is 14.6. The molecule has 4 rings (SSSR count). The van der Waals surface area contributed by atoms with Crippen LogP contribution in [0.4, 0.5) is 0 Å². The lowest BCUT2D eigenvalue weighted by Crippen LogP contribution is -2.19. The maximum absolute atomic E-state index is 11.8. The SMILES string of the molecule is Cc1ccc(OC(C(=O)O)c2ccccc2)c(-n2nc3ccccc3n2)c1. The molecule has 0 saturated heterocycles. The van der Waals surface area contributed by atoms with E-state index in [4.69, 9.17) is 4.74 Å². The quantitative estimate of drug-likeness (QED) is 0.584. The minimum Gasteiger partial charge on any atom is -0.478 e. The van der Waals surface area contributed by atoms with E-state index in [-0.39, 0.29) is 0 Å². The molecular weight excluding hydrogens is 342 g/mol. The molecule has 1 N–H and O–H groups in total. The van der Waals surface area contributed by atoms with Crippen LogP contribution in [0.2, 0.25) is 0 Å². The Balaban J connectivity index is 1.78. The number of rotatable bonds is 5. The predicted octanol–water partition coefficient (Wildman–Crippen LogP) is 3.93. The summed E-state index contributed by atoms with van der Waals surface area (Å²) in [6.07, 6.45) is -1.13. The standard InChI is InChI=1S/C21H17N3O3/c1-14-11-12-19(27-20(21(25)26)15-7-3-2-4-8-15)18(13-14)24-22-16-9-5-6-10-17(16)23-24/h2-13,20H,1H3,(H,25,26). The summed E-state index contributed by atoms with van der Waals surface area (Å²) in [6.45, 7) is 1.95. The number of carboxylic acids is 1. The lowest BCUT2D eigenvalue weighted by molar-refractivity contribution is -0.145. The fraction of sp³-hybridized carbons (Fsp3) is 0.0952. The Labute approximate surface area is 155 Å². The number of hydrogen-bond donors (Lipinski definition) is 1. The summed E-state index contributed by atoms with van der Waals surface area (Å²) in [6, 6.07) is 21.9. The second-order valence-electron chi connectivity index (χ2n) is 6.20. The largest absolute Gasteiger partial charge is 0.478 e. The first kappa shape index (κ1) is 16.8. The van der Waals surface area contributed by atoms with Gasteiger partial charge < -0.3 is 9.84 Å². The van der Waals surface area contributed by atoms with Crippen molar-refractivity contribution < 1.29 is 14.6 Å². The van der Waals surface area contributed by atoms with Crippen molar-refractivity contribution >= 4 is 17.0 Å². The van der Waals surface area contributed by atoms with Crippen LogP contribution in [0.5, 0.6) is 5.75 Å². The molecule has 1 atom stereocenters. The normalized spacial score (nSPS) is 12.0. The number of benzene rings is 3. The van der Waals surface area contributed by atoms with Crippen molar-refractivity contribution in [3.05, 3.63) is 83.9 Å². The van der Waals surface area contributed by atoms with Crippen molar-refractivity contribution in [2.45, 2.75) is 13.0 Å². The van der Waals surface area contributed by atoms with Crippen molar-refractivity contribution in [2.75, 3.05) is 0 Å². The van der Waals surface area contributed by atoms with Gasteiger partial charge in [0.2, 0.25) is 6.10 Å². The highest BCUT2D eigenvalue weighted by Crippen LogP contribution is 2.29. The van der Waals surface area contributed by atoms with Crippen LogP contribution in [0.3, 0.4) is 0 Å². The average Bonchev–Trinajstić information content (AvgIpc) is 3.11. The molecule has 0 amide bonds. The third-order valence-electron chi connectivity index (χ3n) is 4.19. The summed E-state index contributed by atoms with van der Waals surface area (Å²) in [5.74, 6) is -0.663. The monoisotopic (exact) mass is 359 g/mol. The number of nitrogens with zero attached hydrogens (tertiary/aromatic N) is 3. The highest BCUT2D eigenvalue weighted by molar-refractivity contribution is 5.75. The smallest absolute Gasteiger partial charge is 0.349 e. The van der Waals surface area contributed by atoms with Crippen LogP contribution in [0.25, 0.3) is 16.7 Å². The summed E-state index contributed by atoms with van der Waals surface area (Å²) in [4.78, 5) is 13.3. The molecule has 0 aliphatic rings. The lowest BCUT2D eigenvalue weighted by Gasteiger charge is -2.18. The number of aliphatic carboxylic acids is 1. The molecule has 0 bridgehead atoms. The van der Waals surface area contributed by atoms with Crippen molar-refractivity contribution in [1.29, 1.82) is 0 Å². The van der Waals surface area contributed by atoms with E-state index >= 15 is 0 Å². The molecule has 6 nitrogen and oxygen atoms in total. The van der Waals surface area contributed by atoms with Gasteiger partial charge in [0.15, 0.2) is 0 Å². The van der Waals surface area contributed by atoms with E-state index in [1.54, 1.807) is 30.3 Å². The third kappa shape index (κ3) is 3.37. The maximum atomic E-state index is 11.8. The van der Waals surface area contributed by atoms with Gasteiger partial charge in [-0.3, -0.25) is 0 Å². The van der Waals surface area contributed by atoms with Gasteiger partial charge in [0.1, 0.15) is 22.5 Å². The number of aryl methyl sites for hydroxylation is 1. The molecule has 0 aliphatic heterocycles. The summed E-state index contributed by atoms with van der Waals surface area (Å²) >= 11 is 0. The first-order valence-corrected chi connectivity index (χ1v) is 8.49. The second-order valence-corrected chi connectivity index (χ2v) is 6.20. The lowest BCUT2D eigenvalue weighted by atomic mass is 10.1. The number of hydrogen-bond acceptors (Lipinski definition) is 4. The van der Waals surface area contributed by atoms with Gasteiger partial charge in [0, 0.05) is 5.56 Å². The number of aromatic nitrogens is 3. The van der Waals surface area contributed by atoms with E-state index in [0.29, 0.717) is 17.0 Å². The summed E-state index contributed by atoms with van der Waals surface area (Å²) in [5.41, 5.74) is 3.65. The van der Waals surface area contributed by atoms with E-state index in [1.165, 1.54) is 4.80 Å². The fourth-order valence-electron chi connectivity index (χ4n) is 2.87. The molecule has 0 spiro atoms.